The van der Waals surface area contributed by atoms with Gasteiger partial charge in [-0.05, 0) is 49.2 Å². The van der Waals surface area contributed by atoms with Crippen LogP contribution >= 0.6 is 23.2 Å². The third-order valence-corrected chi connectivity index (χ3v) is 6.67. The molecule has 0 saturated carbocycles. The van der Waals surface area contributed by atoms with Crippen LogP contribution in [0.2, 0.25) is 10.0 Å². The molecule has 0 unspecified atom stereocenters. The van der Waals surface area contributed by atoms with Crippen molar-refractivity contribution in [2.75, 3.05) is 18.4 Å². The van der Waals surface area contributed by atoms with E-state index in [9.17, 15) is 13.2 Å². The summed E-state index contributed by atoms with van der Waals surface area (Å²) in [4.78, 5) is 12.6. The van der Waals surface area contributed by atoms with E-state index in [2.05, 4.69) is 5.32 Å². The van der Waals surface area contributed by atoms with Crippen molar-refractivity contribution in [2.24, 2.45) is 0 Å². The van der Waals surface area contributed by atoms with Crippen LogP contribution in [0.1, 0.15) is 29.6 Å². The van der Waals surface area contributed by atoms with Crippen LogP contribution in [0, 0.1) is 0 Å². The molecule has 0 radical (unpaired) electrons. The zero-order valence-corrected chi connectivity index (χ0v) is 16.2. The van der Waals surface area contributed by atoms with Crippen LogP contribution in [-0.4, -0.2) is 31.7 Å². The molecule has 0 aromatic heterocycles. The normalized spacial score (nSPS) is 15.6. The molecular formula is C18H18Cl2N2O3S. The smallest absolute Gasteiger partial charge is 0.255 e. The van der Waals surface area contributed by atoms with Crippen LogP contribution in [0.4, 0.5) is 5.69 Å². The van der Waals surface area contributed by atoms with E-state index >= 15 is 0 Å². The van der Waals surface area contributed by atoms with Crippen LogP contribution in [0.5, 0.6) is 0 Å². The van der Waals surface area contributed by atoms with Crippen molar-refractivity contribution in [2.45, 2.75) is 24.2 Å². The number of rotatable bonds is 4. The minimum Gasteiger partial charge on any atom is -0.321 e. The quantitative estimate of drug-likeness (QED) is 0.807. The summed E-state index contributed by atoms with van der Waals surface area (Å²) in [5.74, 6) is -0.440. The predicted octanol–water partition coefficient (Wildman–Crippen LogP) is 4.42. The fourth-order valence-electron chi connectivity index (χ4n) is 2.84. The molecule has 0 bridgehead atoms. The summed E-state index contributed by atoms with van der Waals surface area (Å²) in [6, 6.07) is 10.8. The number of sulfonamides is 1. The van der Waals surface area contributed by atoms with Crippen molar-refractivity contribution < 1.29 is 13.2 Å². The fourth-order valence-corrected chi connectivity index (χ4v) is 4.86. The van der Waals surface area contributed by atoms with E-state index in [1.54, 1.807) is 24.3 Å². The van der Waals surface area contributed by atoms with E-state index in [1.807, 2.05) is 0 Å². The van der Waals surface area contributed by atoms with Crippen LogP contribution in [-0.2, 0) is 10.0 Å². The van der Waals surface area contributed by atoms with Gasteiger partial charge in [0.1, 0.15) is 0 Å². The van der Waals surface area contributed by atoms with Crippen molar-refractivity contribution in [3.05, 3.63) is 58.1 Å². The summed E-state index contributed by atoms with van der Waals surface area (Å²) in [5, 5.41) is 3.44. The van der Waals surface area contributed by atoms with Crippen LogP contribution in [0.3, 0.4) is 0 Å². The van der Waals surface area contributed by atoms with E-state index in [0.29, 0.717) is 28.8 Å². The van der Waals surface area contributed by atoms with Crippen LogP contribution in [0.15, 0.2) is 47.4 Å². The third-order valence-electron chi connectivity index (χ3n) is 4.23. The first-order chi connectivity index (χ1) is 12.4. The van der Waals surface area contributed by atoms with Gasteiger partial charge in [-0.3, -0.25) is 4.79 Å². The van der Waals surface area contributed by atoms with Gasteiger partial charge in [0, 0.05) is 23.7 Å². The number of piperidine rings is 1. The van der Waals surface area contributed by atoms with Crippen molar-refractivity contribution in [1.29, 1.82) is 0 Å². The number of hydrogen-bond acceptors (Lipinski definition) is 3. The lowest BCUT2D eigenvalue weighted by Gasteiger charge is -2.26. The average Bonchev–Trinajstić information content (AvgIpc) is 2.65. The summed E-state index contributed by atoms with van der Waals surface area (Å²) < 4.78 is 27.0. The van der Waals surface area contributed by atoms with Gasteiger partial charge in [0.05, 0.1) is 15.6 Å². The van der Waals surface area contributed by atoms with Crippen LogP contribution in [0.25, 0.3) is 0 Å². The Hall–Kier alpha value is -1.60. The highest BCUT2D eigenvalue weighted by Crippen LogP contribution is 2.26. The van der Waals surface area contributed by atoms with Gasteiger partial charge >= 0.3 is 0 Å². The predicted molar refractivity (Wildman–Crippen MR) is 103 cm³/mol. The lowest BCUT2D eigenvalue weighted by Crippen LogP contribution is -2.35. The van der Waals surface area contributed by atoms with Crippen molar-refractivity contribution >= 4 is 44.8 Å². The van der Waals surface area contributed by atoms with E-state index in [1.165, 1.54) is 22.5 Å². The van der Waals surface area contributed by atoms with Gasteiger partial charge in [-0.2, -0.15) is 4.31 Å². The lowest BCUT2D eigenvalue weighted by atomic mass is 10.2. The third kappa shape index (κ3) is 4.20. The molecule has 0 spiro atoms. The van der Waals surface area contributed by atoms with Gasteiger partial charge < -0.3 is 5.32 Å². The van der Waals surface area contributed by atoms with Gasteiger partial charge in [0.15, 0.2) is 0 Å². The molecule has 1 aliphatic heterocycles. The fraction of sp³-hybridized carbons (Fsp3) is 0.278. The Bertz CT molecular complexity index is 926. The molecule has 2 aromatic carbocycles. The Kier molecular flexibility index (Phi) is 5.87. The molecule has 2 aromatic rings. The number of carbonyl (C=O) groups excluding carboxylic acids is 1. The molecule has 1 amide bonds. The summed E-state index contributed by atoms with van der Waals surface area (Å²) in [6.45, 7) is 1.03. The van der Waals surface area contributed by atoms with Gasteiger partial charge in [0.2, 0.25) is 10.0 Å². The minimum atomic E-state index is -3.59. The number of nitrogens with one attached hydrogen (secondary N) is 1. The molecule has 1 N–H and O–H groups in total. The van der Waals surface area contributed by atoms with E-state index in [0.717, 1.165) is 19.3 Å². The molecule has 1 aliphatic rings. The molecule has 3 rings (SSSR count). The molecule has 138 valence electrons. The number of anilines is 1. The maximum atomic E-state index is 12.8. The summed E-state index contributed by atoms with van der Waals surface area (Å²) in [6.07, 6.45) is 2.75. The number of halogens is 2. The highest BCUT2D eigenvalue weighted by atomic mass is 35.5. The second kappa shape index (κ2) is 7.96. The number of amides is 1. The summed E-state index contributed by atoms with van der Waals surface area (Å²) in [7, 11) is -3.59. The zero-order chi connectivity index (χ0) is 18.7. The maximum absolute atomic E-state index is 12.8. The standard InChI is InChI=1S/C18H18Cl2N2O3S/c19-14-7-8-17(16(20)12-14)21-18(23)13-5-4-6-15(11-13)26(24,25)22-9-2-1-3-10-22/h4-8,11-12H,1-3,9-10H2,(H,21,23). The molecule has 0 aliphatic carbocycles. The highest BCUT2D eigenvalue weighted by molar-refractivity contribution is 7.89. The van der Waals surface area contributed by atoms with Crippen molar-refractivity contribution in [3.63, 3.8) is 0 Å². The molecule has 0 atom stereocenters. The number of benzene rings is 2. The first kappa shape index (κ1) is 19.2. The van der Waals surface area contributed by atoms with Gasteiger partial charge in [-0.1, -0.05) is 35.7 Å². The molecule has 8 heteroatoms. The summed E-state index contributed by atoms with van der Waals surface area (Å²) in [5.41, 5.74) is 0.652. The zero-order valence-electron chi connectivity index (χ0n) is 13.9. The molecule has 5 nitrogen and oxygen atoms in total. The molecular weight excluding hydrogens is 395 g/mol. The topological polar surface area (TPSA) is 66.5 Å². The van der Waals surface area contributed by atoms with E-state index in [-0.39, 0.29) is 10.5 Å². The first-order valence-corrected chi connectivity index (χ1v) is 10.4. The maximum Gasteiger partial charge on any atom is 0.255 e. The SMILES string of the molecule is O=C(Nc1ccc(Cl)cc1Cl)c1cccc(S(=O)(=O)N2CCCCC2)c1. The van der Waals surface area contributed by atoms with Crippen LogP contribution < -0.4 is 5.32 Å². The Morgan fingerprint density at radius 1 is 1.00 bits per heavy atom. The second-order valence-electron chi connectivity index (χ2n) is 6.07. The molecule has 1 saturated heterocycles. The van der Waals surface area contributed by atoms with Crippen molar-refractivity contribution in [3.8, 4) is 0 Å². The summed E-state index contributed by atoms with van der Waals surface area (Å²) >= 11 is 11.9. The number of hydrogen-bond donors (Lipinski definition) is 1. The van der Waals surface area contributed by atoms with E-state index < -0.39 is 15.9 Å². The van der Waals surface area contributed by atoms with Gasteiger partial charge in [-0.15, -0.1) is 0 Å². The Morgan fingerprint density at radius 3 is 2.42 bits per heavy atom. The largest absolute Gasteiger partial charge is 0.321 e. The van der Waals surface area contributed by atoms with Gasteiger partial charge in [-0.25, -0.2) is 8.42 Å². The lowest BCUT2D eigenvalue weighted by molar-refractivity contribution is 0.102. The van der Waals surface area contributed by atoms with Gasteiger partial charge in [0.25, 0.3) is 5.91 Å². The van der Waals surface area contributed by atoms with E-state index in [4.69, 9.17) is 23.2 Å². The molecule has 1 fully saturated rings. The second-order valence-corrected chi connectivity index (χ2v) is 8.85. The monoisotopic (exact) mass is 412 g/mol. The Balaban J connectivity index is 1.83. The Labute approximate surface area is 163 Å². The molecule has 1 heterocycles. The number of carbonyl (C=O) groups is 1. The minimum absolute atomic E-state index is 0.120. The highest BCUT2D eigenvalue weighted by Gasteiger charge is 2.26. The first-order valence-electron chi connectivity index (χ1n) is 8.24. The van der Waals surface area contributed by atoms with Crippen molar-refractivity contribution in [1.82, 2.24) is 4.31 Å². The average molecular weight is 413 g/mol. The number of nitrogens with zero attached hydrogens (tertiary/aromatic N) is 1. The molecule has 26 heavy (non-hydrogen) atoms. The Morgan fingerprint density at radius 2 is 1.73 bits per heavy atom.